The predicted octanol–water partition coefficient (Wildman–Crippen LogP) is 2.25. The van der Waals surface area contributed by atoms with E-state index in [4.69, 9.17) is 16.7 Å². The molecule has 0 radical (unpaired) electrons. The number of halogens is 1. The molecule has 5 heteroatoms. The van der Waals surface area contributed by atoms with Crippen molar-refractivity contribution >= 4 is 28.9 Å². The maximum atomic E-state index is 10.5. The van der Waals surface area contributed by atoms with Gasteiger partial charge in [-0.1, -0.05) is 18.5 Å². The number of carboxylic acids is 1. The fourth-order valence-electron chi connectivity index (χ4n) is 1.10. The third-order valence-electron chi connectivity index (χ3n) is 2.05. The molecule has 0 amide bonds. The van der Waals surface area contributed by atoms with Crippen LogP contribution in [-0.2, 0) is 11.2 Å². The zero-order chi connectivity index (χ0) is 11.3. The molecule has 0 saturated carbocycles. The Balaban J connectivity index is 2.14. The molecule has 0 spiro atoms. The van der Waals surface area contributed by atoms with Crippen LogP contribution in [0.25, 0.3) is 0 Å². The minimum atomic E-state index is -0.762. The second kappa shape index (κ2) is 6.10. The molecular weight excluding hydrogens is 234 g/mol. The summed E-state index contributed by atoms with van der Waals surface area (Å²) in [5.74, 6) is -1.10. The Labute approximate surface area is 98.1 Å². The van der Waals surface area contributed by atoms with Crippen LogP contribution in [0.1, 0.15) is 11.8 Å². The van der Waals surface area contributed by atoms with Crippen molar-refractivity contribution in [3.63, 3.8) is 0 Å². The van der Waals surface area contributed by atoms with Crippen LogP contribution in [0, 0.1) is 5.92 Å². The molecule has 1 rings (SSSR count). The molecule has 3 nitrogen and oxygen atoms in total. The number of carbonyl (C=O) groups is 1. The van der Waals surface area contributed by atoms with Crippen LogP contribution in [-0.4, -0.2) is 24.2 Å². The van der Waals surface area contributed by atoms with Gasteiger partial charge in [0.2, 0.25) is 0 Å². The third-order valence-corrected chi connectivity index (χ3v) is 3.34. The second-order valence-corrected chi connectivity index (χ2v) is 5.20. The first kappa shape index (κ1) is 12.5. The summed E-state index contributed by atoms with van der Waals surface area (Å²) < 4.78 is 0.795. The Hall–Kier alpha value is -0.580. The third kappa shape index (κ3) is 4.64. The molecule has 1 heterocycles. The van der Waals surface area contributed by atoms with Gasteiger partial charge in [-0.15, -0.1) is 11.3 Å². The Morgan fingerprint density at radius 3 is 2.93 bits per heavy atom. The van der Waals surface area contributed by atoms with Crippen LogP contribution in [0.4, 0.5) is 0 Å². The molecule has 2 N–H and O–H groups in total. The summed E-state index contributed by atoms with van der Waals surface area (Å²) in [5.41, 5.74) is 0. The molecule has 0 aliphatic heterocycles. The van der Waals surface area contributed by atoms with Crippen molar-refractivity contribution in [3.05, 3.63) is 21.3 Å². The van der Waals surface area contributed by atoms with Crippen molar-refractivity contribution < 1.29 is 9.90 Å². The normalized spacial score (nSPS) is 12.7. The minimum absolute atomic E-state index is 0.336. The highest BCUT2D eigenvalue weighted by Crippen LogP contribution is 2.21. The van der Waals surface area contributed by atoms with Gasteiger partial charge in [-0.05, 0) is 25.1 Å². The van der Waals surface area contributed by atoms with Crippen molar-refractivity contribution in [1.82, 2.24) is 5.32 Å². The smallest absolute Gasteiger partial charge is 0.307 e. The minimum Gasteiger partial charge on any atom is -0.481 e. The van der Waals surface area contributed by atoms with E-state index in [1.54, 1.807) is 18.3 Å². The van der Waals surface area contributed by atoms with Crippen LogP contribution in [0.15, 0.2) is 12.1 Å². The quantitative estimate of drug-likeness (QED) is 0.758. The van der Waals surface area contributed by atoms with E-state index in [1.165, 1.54) is 4.88 Å². The van der Waals surface area contributed by atoms with Crippen LogP contribution in [0.2, 0.25) is 4.34 Å². The van der Waals surface area contributed by atoms with Crippen molar-refractivity contribution in [3.8, 4) is 0 Å². The number of rotatable bonds is 6. The molecule has 0 bridgehead atoms. The average Bonchev–Trinajstić information content (AvgIpc) is 2.58. The van der Waals surface area contributed by atoms with Gasteiger partial charge in [0.1, 0.15) is 0 Å². The van der Waals surface area contributed by atoms with Gasteiger partial charge < -0.3 is 10.4 Å². The second-order valence-electron chi connectivity index (χ2n) is 3.40. The number of aliphatic carboxylic acids is 1. The topological polar surface area (TPSA) is 49.3 Å². The monoisotopic (exact) mass is 247 g/mol. The summed E-state index contributed by atoms with van der Waals surface area (Å²) in [7, 11) is 0. The first-order valence-corrected chi connectivity index (χ1v) is 5.97. The SMILES string of the molecule is CC(CNCCc1ccc(Cl)s1)C(=O)O. The van der Waals surface area contributed by atoms with Gasteiger partial charge in [-0.2, -0.15) is 0 Å². The highest BCUT2D eigenvalue weighted by atomic mass is 35.5. The molecule has 15 heavy (non-hydrogen) atoms. The highest BCUT2D eigenvalue weighted by Gasteiger charge is 2.09. The maximum Gasteiger partial charge on any atom is 0.307 e. The Morgan fingerprint density at radius 2 is 2.40 bits per heavy atom. The molecular formula is C10H14ClNO2S. The summed E-state index contributed by atoms with van der Waals surface area (Å²) >= 11 is 7.35. The molecule has 0 aromatic carbocycles. The van der Waals surface area contributed by atoms with E-state index >= 15 is 0 Å². The van der Waals surface area contributed by atoms with Crippen molar-refractivity contribution in [2.75, 3.05) is 13.1 Å². The molecule has 1 aromatic heterocycles. The van der Waals surface area contributed by atoms with Crippen molar-refractivity contribution in [1.29, 1.82) is 0 Å². The van der Waals surface area contributed by atoms with Gasteiger partial charge in [0.15, 0.2) is 0 Å². The lowest BCUT2D eigenvalue weighted by Crippen LogP contribution is -2.27. The summed E-state index contributed by atoms with van der Waals surface area (Å²) in [5, 5.41) is 11.8. The standard InChI is InChI=1S/C10H14ClNO2S/c1-7(10(13)14)6-12-5-4-8-2-3-9(11)15-8/h2-3,7,12H,4-6H2,1H3,(H,13,14). The largest absolute Gasteiger partial charge is 0.481 e. The van der Waals surface area contributed by atoms with Gasteiger partial charge in [0.05, 0.1) is 10.3 Å². The summed E-state index contributed by atoms with van der Waals surface area (Å²) in [4.78, 5) is 11.7. The Bertz CT molecular complexity index is 327. The van der Waals surface area contributed by atoms with Crippen LogP contribution >= 0.6 is 22.9 Å². The van der Waals surface area contributed by atoms with Gasteiger partial charge in [0, 0.05) is 11.4 Å². The van der Waals surface area contributed by atoms with Crippen molar-refractivity contribution in [2.45, 2.75) is 13.3 Å². The first-order chi connectivity index (χ1) is 7.09. The Kier molecular flexibility index (Phi) is 5.08. The van der Waals surface area contributed by atoms with Crippen molar-refractivity contribution in [2.24, 2.45) is 5.92 Å². The van der Waals surface area contributed by atoms with E-state index in [0.29, 0.717) is 6.54 Å². The summed E-state index contributed by atoms with van der Waals surface area (Å²) in [6, 6.07) is 3.87. The predicted molar refractivity (Wildman–Crippen MR) is 62.7 cm³/mol. The van der Waals surface area contributed by atoms with Crippen LogP contribution < -0.4 is 5.32 Å². The molecule has 0 fully saturated rings. The molecule has 1 atom stereocenters. The first-order valence-electron chi connectivity index (χ1n) is 4.77. The zero-order valence-electron chi connectivity index (χ0n) is 8.50. The van der Waals surface area contributed by atoms with E-state index in [0.717, 1.165) is 17.3 Å². The number of hydrogen-bond donors (Lipinski definition) is 2. The van der Waals surface area contributed by atoms with Gasteiger partial charge in [-0.25, -0.2) is 0 Å². The van der Waals surface area contributed by atoms with E-state index in [2.05, 4.69) is 5.32 Å². The molecule has 1 unspecified atom stereocenters. The van der Waals surface area contributed by atoms with Gasteiger partial charge in [0.25, 0.3) is 0 Å². The molecule has 0 aliphatic rings. The number of nitrogens with one attached hydrogen (secondary N) is 1. The van der Waals surface area contributed by atoms with E-state index < -0.39 is 5.97 Å². The molecule has 84 valence electrons. The van der Waals surface area contributed by atoms with E-state index in [1.807, 2.05) is 12.1 Å². The number of hydrogen-bond acceptors (Lipinski definition) is 3. The lowest BCUT2D eigenvalue weighted by molar-refractivity contribution is -0.140. The highest BCUT2D eigenvalue weighted by molar-refractivity contribution is 7.16. The number of thiophene rings is 1. The van der Waals surface area contributed by atoms with Crippen LogP contribution in [0.3, 0.4) is 0 Å². The maximum absolute atomic E-state index is 10.5. The average molecular weight is 248 g/mol. The van der Waals surface area contributed by atoms with Gasteiger partial charge in [-0.3, -0.25) is 4.79 Å². The molecule has 0 saturated heterocycles. The zero-order valence-corrected chi connectivity index (χ0v) is 10.1. The lowest BCUT2D eigenvalue weighted by Gasteiger charge is -2.06. The Morgan fingerprint density at radius 1 is 1.67 bits per heavy atom. The summed E-state index contributed by atoms with van der Waals surface area (Å²) in [6.07, 6.45) is 0.893. The van der Waals surface area contributed by atoms with Gasteiger partial charge >= 0.3 is 5.97 Å². The van der Waals surface area contributed by atoms with Crippen LogP contribution in [0.5, 0.6) is 0 Å². The fraction of sp³-hybridized carbons (Fsp3) is 0.500. The fourth-order valence-corrected chi connectivity index (χ4v) is 2.19. The molecule has 1 aromatic rings. The summed E-state index contributed by atoms with van der Waals surface area (Å²) in [6.45, 7) is 2.99. The van der Waals surface area contributed by atoms with E-state index in [9.17, 15) is 4.79 Å². The van der Waals surface area contributed by atoms with E-state index in [-0.39, 0.29) is 5.92 Å². The lowest BCUT2D eigenvalue weighted by atomic mass is 10.2. The molecule has 0 aliphatic carbocycles. The number of carboxylic acid groups (broad SMARTS) is 1.